The summed E-state index contributed by atoms with van der Waals surface area (Å²) in [7, 11) is 0. The van der Waals surface area contributed by atoms with Gasteiger partial charge in [-0.3, -0.25) is 14.5 Å². The minimum absolute atomic E-state index is 0.611. The first-order chi connectivity index (χ1) is 10.8. The fourth-order valence-electron chi connectivity index (χ4n) is 2.20. The second-order valence-corrected chi connectivity index (χ2v) is 4.71. The highest BCUT2D eigenvalue weighted by atomic mass is 16.3. The molecule has 0 aliphatic heterocycles. The molecule has 0 atom stereocenters. The quantitative estimate of drug-likeness (QED) is 0.655. The molecule has 0 fully saturated rings. The maximum Gasteiger partial charge on any atom is 0.204 e. The van der Waals surface area contributed by atoms with Crippen molar-refractivity contribution >= 4 is 29.8 Å². The lowest BCUT2D eigenvalue weighted by Crippen LogP contribution is -2.09. The fraction of sp³-hybridized carbons (Fsp3) is 0. The first kappa shape index (κ1) is 13.8. The number of carbonyl (C=O) groups excluding carboxylic acids is 2. The Balaban J connectivity index is 2.06. The van der Waals surface area contributed by atoms with Gasteiger partial charge in [-0.15, -0.1) is 0 Å². The Labute approximate surface area is 127 Å². The van der Waals surface area contributed by atoms with Crippen molar-refractivity contribution < 1.29 is 14.0 Å². The van der Waals surface area contributed by atoms with Crippen LogP contribution in [-0.2, 0) is 0 Å². The summed E-state index contributed by atoms with van der Waals surface area (Å²) in [5.74, 6) is 0.651. The standard InChI is InChI=1S/C18H13NO3/c20-12-14-3-7-16(8-4-14)19(18-2-1-11-22-18)17-9-5-15(13-21)6-10-17/h1-13H. The Bertz CT molecular complexity index is 708. The van der Waals surface area contributed by atoms with E-state index in [1.165, 1.54) is 0 Å². The van der Waals surface area contributed by atoms with Crippen molar-refractivity contribution in [1.82, 2.24) is 0 Å². The van der Waals surface area contributed by atoms with Crippen LogP contribution in [0, 0.1) is 0 Å². The van der Waals surface area contributed by atoms with E-state index in [1.807, 2.05) is 41.3 Å². The molecule has 3 rings (SSSR count). The third kappa shape index (κ3) is 2.67. The topological polar surface area (TPSA) is 50.5 Å². The average Bonchev–Trinajstić information content (AvgIpc) is 3.10. The van der Waals surface area contributed by atoms with Crippen LogP contribution in [0.2, 0.25) is 0 Å². The number of hydrogen-bond acceptors (Lipinski definition) is 4. The van der Waals surface area contributed by atoms with Gasteiger partial charge in [-0.05, 0) is 54.6 Å². The normalized spacial score (nSPS) is 10.2. The molecule has 0 saturated heterocycles. The van der Waals surface area contributed by atoms with Crippen LogP contribution in [0.5, 0.6) is 0 Å². The lowest BCUT2D eigenvalue weighted by Gasteiger charge is -2.22. The van der Waals surface area contributed by atoms with Crippen molar-refractivity contribution in [2.24, 2.45) is 0 Å². The van der Waals surface area contributed by atoms with Gasteiger partial charge in [-0.2, -0.15) is 0 Å². The van der Waals surface area contributed by atoms with Gasteiger partial charge >= 0.3 is 0 Å². The Hall–Kier alpha value is -3.14. The first-order valence-electron chi connectivity index (χ1n) is 6.76. The molecule has 0 bridgehead atoms. The summed E-state index contributed by atoms with van der Waals surface area (Å²) in [5.41, 5.74) is 2.94. The van der Waals surface area contributed by atoms with Crippen LogP contribution >= 0.6 is 0 Å². The van der Waals surface area contributed by atoms with Crippen LogP contribution in [0.25, 0.3) is 0 Å². The summed E-state index contributed by atoms with van der Waals surface area (Å²) < 4.78 is 5.50. The Morgan fingerprint density at radius 1 is 0.727 bits per heavy atom. The highest BCUT2D eigenvalue weighted by Gasteiger charge is 2.14. The number of aldehydes is 2. The summed E-state index contributed by atoms with van der Waals surface area (Å²) in [6.45, 7) is 0. The zero-order valence-corrected chi connectivity index (χ0v) is 11.7. The highest BCUT2D eigenvalue weighted by molar-refractivity contribution is 5.80. The van der Waals surface area contributed by atoms with Gasteiger partial charge in [0.25, 0.3) is 0 Å². The van der Waals surface area contributed by atoms with E-state index in [4.69, 9.17) is 4.42 Å². The Morgan fingerprint density at radius 2 is 1.23 bits per heavy atom. The molecule has 0 saturated carbocycles. The predicted molar refractivity (Wildman–Crippen MR) is 84.2 cm³/mol. The highest BCUT2D eigenvalue weighted by Crippen LogP contribution is 2.34. The molecule has 2 aromatic carbocycles. The van der Waals surface area contributed by atoms with E-state index in [2.05, 4.69) is 0 Å². The molecule has 0 aliphatic carbocycles. The largest absolute Gasteiger partial charge is 0.448 e. The van der Waals surface area contributed by atoms with Crippen molar-refractivity contribution in [1.29, 1.82) is 0 Å². The zero-order valence-electron chi connectivity index (χ0n) is 11.7. The van der Waals surface area contributed by atoms with E-state index in [-0.39, 0.29) is 0 Å². The zero-order chi connectivity index (χ0) is 15.4. The second kappa shape index (κ2) is 6.10. The predicted octanol–water partition coefficient (Wildman–Crippen LogP) is 4.37. The lowest BCUT2D eigenvalue weighted by molar-refractivity contribution is 0.111. The van der Waals surface area contributed by atoms with Crippen molar-refractivity contribution in [3.8, 4) is 0 Å². The number of furan rings is 1. The molecule has 22 heavy (non-hydrogen) atoms. The van der Waals surface area contributed by atoms with Crippen LogP contribution < -0.4 is 4.90 Å². The van der Waals surface area contributed by atoms with Crippen LogP contribution in [-0.4, -0.2) is 12.6 Å². The molecule has 0 amide bonds. The summed E-state index contributed by atoms with van der Waals surface area (Å²) in [6.07, 6.45) is 3.21. The Morgan fingerprint density at radius 3 is 1.59 bits per heavy atom. The molecule has 1 heterocycles. The molecule has 4 nitrogen and oxygen atoms in total. The monoisotopic (exact) mass is 291 g/mol. The lowest BCUT2D eigenvalue weighted by atomic mass is 10.1. The summed E-state index contributed by atoms with van der Waals surface area (Å²) in [6, 6.07) is 18.0. The number of benzene rings is 2. The SMILES string of the molecule is O=Cc1ccc(N(c2ccc(C=O)cc2)c2ccco2)cc1. The van der Waals surface area contributed by atoms with Gasteiger partial charge < -0.3 is 4.42 Å². The smallest absolute Gasteiger partial charge is 0.204 e. The second-order valence-electron chi connectivity index (χ2n) is 4.71. The minimum atomic E-state index is 0.611. The van der Waals surface area contributed by atoms with Crippen LogP contribution in [0.3, 0.4) is 0 Å². The average molecular weight is 291 g/mol. The molecule has 4 heteroatoms. The third-order valence-electron chi connectivity index (χ3n) is 3.30. The van der Waals surface area contributed by atoms with Gasteiger partial charge in [0.15, 0.2) is 0 Å². The van der Waals surface area contributed by atoms with Gasteiger partial charge in [0.05, 0.1) is 6.26 Å². The van der Waals surface area contributed by atoms with E-state index < -0.39 is 0 Å². The Kier molecular flexibility index (Phi) is 3.83. The van der Waals surface area contributed by atoms with E-state index in [0.717, 1.165) is 23.9 Å². The van der Waals surface area contributed by atoms with E-state index >= 15 is 0 Å². The van der Waals surface area contributed by atoms with E-state index in [1.54, 1.807) is 30.5 Å². The van der Waals surface area contributed by atoms with Gasteiger partial charge in [0.1, 0.15) is 12.6 Å². The fourth-order valence-corrected chi connectivity index (χ4v) is 2.20. The number of nitrogens with zero attached hydrogens (tertiary/aromatic N) is 1. The maximum absolute atomic E-state index is 10.8. The molecular formula is C18H13NO3. The molecule has 0 unspecified atom stereocenters. The first-order valence-corrected chi connectivity index (χ1v) is 6.76. The maximum atomic E-state index is 10.8. The minimum Gasteiger partial charge on any atom is -0.448 e. The number of hydrogen-bond donors (Lipinski definition) is 0. The summed E-state index contributed by atoms with van der Waals surface area (Å²) in [5, 5.41) is 0. The molecular weight excluding hydrogens is 278 g/mol. The van der Waals surface area contributed by atoms with E-state index in [9.17, 15) is 9.59 Å². The summed E-state index contributed by atoms with van der Waals surface area (Å²) in [4.78, 5) is 23.5. The molecule has 1 aromatic heterocycles. The van der Waals surface area contributed by atoms with Crippen molar-refractivity contribution in [3.63, 3.8) is 0 Å². The number of anilines is 3. The van der Waals surface area contributed by atoms with E-state index in [0.29, 0.717) is 17.0 Å². The van der Waals surface area contributed by atoms with Crippen molar-refractivity contribution in [3.05, 3.63) is 78.1 Å². The van der Waals surface area contributed by atoms with Crippen molar-refractivity contribution in [2.75, 3.05) is 4.90 Å². The van der Waals surface area contributed by atoms with Crippen LogP contribution in [0.15, 0.2) is 71.3 Å². The molecule has 108 valence electrons. The molecule has 0 N–H and O–H groups in total. The molecule has 0 radical (unpaired) electrons. The van der Waals surface area contributed by atoms with Crippen molar-refractivity contribution in [2.45, 2.75) is 0 Å². The summed E-state index contributed by atoms with van der Waals surface area (Å²) >= 11 is 0. The van der Waals surface area contributed by atoms with Gasteiger partial charge in [-0.25, -0.2) is 0 Å². The number of carbonyl (C=O) groups is 2. The number of rotatable bonds is 5. The molecule has 0 aliphatic rings. The van der Waals surface area contributed by atoms with Gasteiger partial charge in [-0.1, -0.05) is 0 Å². The van der Waals surface area contributed by atoms with Crippen LogP contribution in [0.4, 0.5) is 17.3 Å². The van der Waals surface area contributed by atoms with Gasteiger partial charge in [0, 0.05) is 28.6 Å². The molecule has 0 spiro atoms. The molecule has 3 aromatic rings. The van der Waals surface area contributed by atoms with Crippen LogP contribution in [0.1, 0.15) is 20.7 Å². The van der Waals surface area contributed by atoms with Gasteiger partial charge in [0.2, 0.25) is 5.88 Å². The third-order valence-corrected chi connectivity index (χ3v) is 3.30.